The number of carbonyl (C=O) groups is 1. The van der Waals surface area contributed by atoms with Crippen LogP contribution in [0.4, 0.5) is 15.8 Å². The molecular weight excluding hydrogens is 335 g/mol. The number of nitrogens with two attached hydrogens (primary N) is 1. The molecule has 0 fully saturated rings. The number of benzene rings is 2. The quantitative estimate of drug-likeness (QED) is 0.807. The van der Waals surface area contributed by atoms with Crippen molar-refractivity contribution in [2.45, 2.75) is 0 Å². The zero-order chi connectivity index (χ0) is 14.0. The van der Waals surface area contributed by atoms with Crippen LogP contribution in [0.5, 0.6) is 0 Å². The Morgan fingerprint density at radius 2 is 2.00 bits per heavy atom. The van der Waals surface area contributed by atoms with Crippen LogP contribution in [0.3, 0.4) is 0 Å². The van der Waals surface area contributed by atoms with Crippen molar-refractivity contribution in [3.8, 4) is 0 Å². The molecule has 2 rings (SSSR count). The summed E-state index contributed by atoms with van der Waals surface area (Å²) in [7, 11) is 0. The zero-order valence-electron chi connectivity index (χ0n) is 9.58. The van der Waals surface area contributed by atoms with E-state index in [-0.39, 0.29) is 10.6 Å². The van der Waals surface area contributed by atoms with Crippen LogP contribution in [0.1, 0.15) is 10.4 Å². The third-order valence-corrected chi connectivity index (χ3v) is 3.43. The van der Waals surface area contributed by atoms with Crippen LogP contribution < -0.4 is 11.1 Å². The second-order valence-corrected chi connectivity index (χ2v) is 5.08. The number of nitrogen functional groups attached to an aromatic ring is 1. The van der Waals surface area contributed by atoms with E-state index in [1.807, 2.05) is 0 Å². The Labute approximate surface area is 122 Å². The molecule has 0 saturated carbocycles. The van der Waals surface area contributed by atoms with E-state index in [4.69, 9.17) is 17.3 Å². The van der Waals surface area contributed by atoms with Gasteiger partial charge in [-0.25, -0.2) is 4.39 Å². The first-order chi connectivity index (χ1) is 8.97. The van der Waals surface area contributed by atoms with Gasteiger partial charge in [0, 0.05) is 10.2 Å². The van der Waals surface area contributed by atoms with E-state index in [0.717, 1.165) is 0 Å². The molecule has 3 N–H and O–H groups in total. The lowest BCUT2D eigenvalue weighted by molar-refractivity contribution is 0.102. The van der Waals surface area contributed by atoms with Crippen LogP contribution in [0.2, 0.25) is 5.02 Å². The normalized spacial score (nSPS) is 10.3. The Morgan fingerprint density at radius 1 is 1.26 bits per heavy atom. The summed E-state index contributed by atoms with van der Waals surface area (Å²) in [6.45, 7) is 0. The average Bonchev–Trinajstić information content (AvgIpc) is 2.36. The van der Waals surface area contributed by atoms with Gasteiger partial charge in [0.2, 0.25) is 0 Å². The smallest absolute Gasteiger partial charge is 0.257 e. The topological polar surface area (TPSA) is 55.1 Å². The van der Waals surface area contributed by atoms with Crippen molar-refractivity contribution in [1.82, 2.24) is 0 Å². The number of halogens is 3. The number of hydrogen-bond acceptors (Lipinski definition) is 2. The van der Waals surface area contributed by atoms with Crippen molar-refractivity contribution in [2.24, 2.45) is 0 Å². The highest BCUT2D eigenvalue weighted by Gasteiger charge is 2.13. The van der Waals surface area contributed by atoms with Crippen LogP contribution in [-0.4, -0.2) is 5.91 Å². The Morgan fingerprint density at radius 3 is 2.74 bits per heavy atom. The number of amides is 1. The van der Waals surface area contributed by atoms with Crippen LogP contribution in [0.25, 0.3) is 0 Å². The lowest BCUT2D eigenvalue weighted by Gasteiger charge is -2.09. The summed E-state index contributed by atoms with van der Waals surface area (Å²) in [4.78, 5) is 12.1. The standard InChI is InChI=1S/C13H9BrClFN2O/c14-10-3-1-7(16)5-12(10)18-13(19)9-6-8(17)2-4-11(9)15/h1-6H,17H2,(H,18,19). The van der Waals surface area contributed by atoms with Gasteiger partial charge in [0.1, 0.15) is 5.82 Å². The second-order valence-electron chi connectivity index (χ2n) is 3.82. The fourth-order valence-electron chi connectivity index (χ4n) is 1.50. The van der Waals surface area contributed by atoms with Gasteiger partial charge in [-0.15, -0.1) is 0 Å². The molecular formula is C13H9BrClFN2O. The average molecular weight is 344 g/mol. The lowest BCUT2D eigenvalue weighted by Crippen LogP contribution is -2.13. The van der Waals surface area contributed by atoms with E-state index >= 15 is 0 Å². The lowest BCUT2D eigenvalue weighted by atomic mass is 10.2. The van der Waals surface area contributed by atoms with E-state index in [1.54, 1.807) is 6.07 Å². The van der Waals surface area contributed by atoms with Crippen molar-refractivity contribution < 1.29 is 9.18 Å². The molecule has 0 spiro atoms. The molecule has 0 heterocycles. The fourth-order valence-corrected chi connectivity index (χ4v) is 2.05. The molecule has 3 nitrogen and oxygen atoms in total. The number of anilines is 2. The first kappa shape index (κ1) is 13.8. The Hall–Kier alpha value is -1.59. The van der Waals surface area contributed by atoms with Gasteiger partial charge >= 0.3 is 0 Å². The highest BCUT2D eigenvalue weighted by Crippen LogP contribution is 2.25. The highest BCUT2D eigenvalue weighted by atomic mass is 79.9. The SMILES string of the molecule is Nc1ccc(Cl)c(C(=O)Nc2cc(F)ccc2Br)c1. The largest absolute Gasteiger partial charge is 0.399 e. The predicted molar refractivity (Wildman–Crippen MR) is 77.9 cm³/mol. The summed E-state index contributed by atoms with van der Waals surface area (Å²) in [6.07, 6.45) is 0. The van der Waals surface area contributed by atoms with Gasteiger partial charge < -0.3 is 11.1 Å². The summed E-state index contributed by atoms with van der Waals surface area (Å²) in [5, 5.41) is 2.85. The van der Waals surface area contributed by atoms with E-state index in [2.05, 4.69) is 21.2 Å². The molecule has 0 radical (unpaired) electrons. The van der Waals surface area contributed by atoms with E-state index in [9.17, 15) is 9.18 Å². The monoisotopic (exact) mass is 342 g/mol. The van der Waals surface area contributed by atoms with Crippen molar-refractivity contribution in [2.75, 3.05) is 11.1 Å². The number of nitrogens with one attached hydrogen (secondary N) is 1. The van der Waals surface area contributed by atoms with Crippen LogP contribution >= 0.6 is 27.5 Å². The number of hydrogen-bond donors (Lipinski definition) is 2. The molecule has 0 atom stereocenters. The Balaban J connectivity index is 2.30. The molecule has 0 bridgehead atoms. The minimum atomic E-state index is -0.455. The Kier molecular flexibility index (Phi) is 4.07. The van der Waals surface area contributed by atoms with Crippen molar-refractivity contribution >= 4 is 44.8 Å². The van der Waals surface area contributed by atoms with Gasteiger partial charge in [0.25, 0.3) is 5.91 Å². The molecule has 98 valence electrons. The van der Waals surface area contributed by atoms with Crippen molar-refractivity contribution in [3.05, 3.63) is 57.3 Å². The highest BCUT2D eigenvalue weighted by molar-refractivity contribution is 9.10. The molecule has 1 amide bonds. The molecule has 19 heavy (non-hydrogen) atoms. The zero-order valence-corrected chi connectivity index (χ0v) is 11.9. The summed E-state index contributed by atoms with van der Waals surface area (Å²) >= 11 is 9.15. The number of carbonyl (C=O) groups excluding carboxylic acids is 1. The minimum absolute atomic E-state index is 0.234. The van der Waals surface area contributed by atoms with Crippen LogP contribution in [0, 0.1) is 5.82 Å². The van der Waals surface area contributed by atoms with E-state index in [0.29, 0.717) is 15.8 Å². The molecule has 0 saturated heterocycles. The van der Waals surface area contributed by atoms with Crippen LogP contribution in [-0.2, 0) is 0 Å². The van der Waals surface area contributed by atoms with Gasteiger partial charge in [0.05, 0.1) is 16.3 Å². The summed E-state index contributed by atoms with van der Waals surface area (Å²) in [5.74, 6) is -0.902. The summed E-state index contributed by atoms with van der Waals surface area (Å²) < 4.78 is 13.7. The molecule has 0 aliphatic carbocycles. The summed E-state index contributed by atoms with van der Waals surface area (Å²) in [5.41, 5.74) is 6.59. The Bertz CT molecular complexity index is 649. The molecule has 2 aromatic carbocycles. The molecule has 0 unspecified atom stereocenters. The van der Waals surface area contributed by atoms with E-state index < -0.39 is 11.7 Å². The number of rotatable bonds is 2. The van der Waals surface area contributed by atoms with Crippen molar-refractivity contribution in [1.29, 1.82) is 0 Å². The molecule has 0 aliphatic heterocycles. The molecule has 2 aromatic rings. The fraction of sp³-hybridized carbons (Fsp3) is 0. The summed E-state index contributed by atoms with van der Waals surface area (Å²) in [6, 6.07) is 8.59. The first-order valence-corrected chi connectivity index (χ1v) is 6.46. The molecule has 0 aromatic heterocycles. The first-order valence-electron chi connectivity index (χ1n) is 5.29. The van der Waals surface area contributed by atoms with Crippen molar-refractivity contribution in [3.63, 3.8) is 0 Å². The minimum Gasteiger partial charge on any atom is -0.399 e. The molecule has 0 aliphatic rings. The van der Waals surface area contributed by atoms with E-state index in [1.165, 1.54) is 30.3 Å². The maximum atomic E-state index is 13.1. The maximum absolute atomic E-state index is 13.1. The maximum Gasteiger partial charge on any atom is 0.257 e. The predicted octanol–water partition coefficient (Wildman–Crippen LogP) is 4.08. The van der Waals surface area contributed by atoms with Gasteiger partial charge in [-0.05, 0) is 52.3 Å². The third kappa shape index (κ3) is 3.24. The van der Waals surface area contributed by atoms with Gasteiger partial charge in [-0.3, -0.25) is 4.79 Å². The second kappa shape index (κ2) is 5.59. The molecule has 6 heteroatoms. The van der Waals surface area contributed by atoms with Gasteiger partial charge in [0.15, 0.2) is 0 Å². The van der Waals surface area contributed by atoms with Gasteiger partial charge in [-0.2, -0.15) is 0 Å². The van der Waals surface area contributed by atoms with Crippen LogP contribution in [0.15, 0.2) is 40.9 Å². The third-order valence-electron chi connectivity index (χ3n) is 2.41. The van der Waals surface area contributed by atoms with Gasteiger partial charge in [-0.1, -0.05) is 11.6 Å².